The maximum Gasteiger partial charge on any atom is 0.419 e. The topological polar surface area (TPSA) is 64.5 Å². The van der Waals surface area contributed by atoms with Gasteiger partial charge in [-0.1, -0.05) is 29.8 Å². The molecule has 12 heteroatoms. The fourth-order valence-corrected chi connectivity index (χ4v) is 5.10. The summed E-state index contributed by atoms with van der Waals surface area (Å²) in [5.41, 5.74) is 0.265. The molecular weight excluding hydrogens is 529 g/mol. The second-order valence-electron chi connectivity index (χ2n) is 9.58. The van der Waals surface area contributed by atoms with E-state index in [1.165, 1.54) is 12.3 Å². The first-order valence-electron chi connectivity index (χ1n) is 12.9. The molecule has 8 nitrogen and oxygen atoms in total. The summed E-state index contributed by atoms with van der Waals surface area (Å²) >= 11 is 6.20. The highest BCUT2D eigenvalue weighted by Crippen LogP contribution is 2.35. The fourth-order valence-electron chi connectivity index (χ4n) is 4.89. The molecule has 0 radical (unpaired) electrons. The average Bonchev–Trinajstić information content (AvgIpc) is 2.93. The third-order valence-corrected chi connectivity index (χ3v) is 7.14. The van der Waals surface area contributed by atoms with Crippen LogP contribution in [0.1, 0.15) is 17.0 Å². The minimum atomic E-state index is -4.46. The molecule has 3 aromatic rings. The minimum absolute atomic E-state index is 0.0416. The van der Waals surface area contributed by atoms with E-state index in [2.05, 4.69) is 21.4 Å². The number of pyridine rings is 1. The van der Waals surface area contributed by atoms with Gasteiger partial charge in [0.2, 0.25) is 11.9 Å². The Morgan fingerprint density at radius 1 is 0.846 bits per heavy atom. The monoisotopic (exact) mass is 558 g/mol. The zero-order valence-electron chi connectivity index (χ0n) is 21.5. The van der Waals surface area contributed by atoms with Crippen molar-refractivity contribution in [3.63, 3.8) is 0 Å². The first-order valence-corrected chi connectivity index (χ1v) is 13.3. The van der Waals surface area contributed by atoms with Crippen molar-refractivity contribution < 1.29 is 13.2 Å². The van der Waals surface area contributed by atoms with E-state index < -0.39 is 11.7 Å². The molecule has 206 valence electrons. The molecule has 2 aromatic heterocycles. The first kappa shape index (κ1) is 27.1. The van der Waals surface area contributed by atoms with Gasteiger partial charge in [0.05, 0.1) is 5.56 Å². The lowest BCUT2D eigenvalue weighted by Gasteiger charge is -2.37. The Morgan fingerprint density at radius 3 is 2.10 bits per heavy atom. The lowest BCUT2D eigenvalue weighted by atomic mass is 10.1. The van der Waals surface area contributed by atoms with Crippen molar-refractivity contribution in [1.29, 1.82) is 0 Å². The van der Waals surface area contributed by atoms with Crippen molar-refractivity contribution in [2.24, 2.45) is 0 Å². The predicted molar refractivity (Wildman–Crippen MR) is 147 cm³/mol. The molecule has 1 aromatic carbocycles. The summed E-state index contributed by atoms with van der Waals surface area (Å²) in [5.74, 6) is 1.72. The number of nitrogens with zero attached hydrogens (tertiary/aromatic N) is 8. The van der Waals surface area contributed by atoms with E-state index in [0.717, 1.165) is 44.4 Å². The van der Waals surface area contributed by atoms with E-state index in [0.29, 0.717) is 55.3 Å². The standard InChI is InChI=1S/C27H30ClF3N8/c1-2-9-36-10-12-38(13-11-36)25-33-23(19-20-5-3-6-21(28)18-20)34-26(35-25)39-16-14-37(15-17-39)24-22(27(29,30)31)7-4-8-32-24/h2-8,18H,1,9-17,19H2. The molecule has 4 heterocycles. The van der Waals surface area contributed by atoms with Crippen LogP contribution in [0, 0.1) is 0 Å². The summed E-state index contributed by atoms with van der Waals surface area (Å²) in [7, 11) is 0. The Balaban J connectivity index is 1.37. The summed E-state index contributed by atoms with van der Waals surface area (Å²) in [6.07, 6.45) is -0.675. The highest BCUT2D eigenvalue weighted by atomic mass is 35.5. The van der Waals surface area contributed by atoms with Crippen LogP contribution in [0.2, 0.25) is 5.02 Å². The van der Waals surface area contributed by atoms with Gasteiger partial charge in [-0.2, -0.15) is 28.1 Å². The van der Waals surface area contributed by atoms with Gasteiger partial charge in [-0.05, 0) is 29.8 Å². The number of aromatic nitrogens is 4. The number of halogens is 4. The second kappa shape index (κ2) is 11.7. The summed E-state index contributed by atoms with van der Waals surface area (Å²) in [4.78, 5) is 26.6. The quantitative estimate of drug-likeness (QED) is 0.401. The van der Waals surface area contributed by atoms with Gasteiger partial charge < -0.3 is 14.7 Å². The summed E-state index contributed by atoms with van der Waals surface area (Å²) in [5, 5.41) is 0.643. The summed E-state index contributed by atoms with van der Waals surface area (Å²) in [6.45, 7) is 9.63. The molecule has 0 saturated carbocycles. The predicted octanol–water partition coefficient (Wildman–Crippen LogP) is 4.16. The van der Waals surface area contributed by atoms with Crippen LogP contribution in [0.4, 0.5) is 30.9 Å². The molecule has 0 N–H and O–H groups in total. The average molecular weight is 559 g/mol. The molecule has 0 bridgehead atoms. The maximum atomic E-state index is 13.6. The highest BCUT2D eigenvalue weighted by molar-refractivity contribution is 6.30. The van der Waals surface area contributed by atoms with Crippen molar-refractivity contribution in [1.82, 2.24) is 24.8 Å². The Labute approximate surface area is 230 Å². The van der Waals surface area contributed by atoms with Gasteiger partial charge in [0.25, 0.3) is 0 Å². The first-order chi connectivity index (χ1) is 18.8. The van der Waals surface area contributed by atoms with Crippen LogP contribution in [0.5, 0.6) is 0 Å². The highest BCUT2D eigenvalue weighted by Gasteiger charge is 2.36. The molecule has 0 amide bonds. The zero-order valence-corrected chi connectivity index (χ0v) is 22.2. The molecule has 0 atom stereocenters. The van der Waals surface area contributed by atoms with E-state index in [4.69, 9.17) is 26.6 Å². The Kier molecular flexibility index (Phi) is 8.18. The molecule has 2 saturated heterocycles. The van der Waals surface area contributed by atoms with E-state index in [1.54, 1.807) is 4.90 Å². The Hall–Kier alpha value is -3.44. The number of hydrogen-bond donors (Lipinski definition) is 0. The van der Waals surface area contributed by atoms with Gasteiger partial charge in [0, 0.05) is 76.5 Å². The van der Waals surface area contributed by atoms with Crippen LogP contribution in [-0.4, -0.2) is 83.7 Å². The SMILES string of the molecule is C=CCN1CCN(c2nc(Cc3cccc(Cl)c3)nc(N3CCN(c4ncccc4C(F)(F)F)CC3)n2)CC1. The zero-order chi connectivity index (χ0) is 27.4. The van der Waals surface area contributed by atoms with Gasteiger partial charge in [-0.15, -0.1) is 6.58 Å². The van der Waals surface area contributed by atoms with E-state index in [-0.39, 0.29) is 5.82 Å². The summed E-state index contributed by atoms with van der Waals surface area (Å²) < 4.78 is 40.7. The molecule has 5 rings (SSSR count). The number of benzene rings is 1. The molecule has 0 spiro atoms. The molecule has 0 unspecified atom stereocenters. The number of anilines is 3. The number of piperazine rings is 2. The van der Waals surface area contributed by atoms with Gasteiger partial charge >= 0.3 is 6.18 Å². The molecule has 2 aliphatic rings. The van der Waals surface area contributed by atoms with Crippen LogP contribution in [-0.2, 0) is 12.6 Å². The lowest BCUT2D eigenvalue weighted by Crippen LogP contribution is -2.49. The van der Waals surface area contributed by atoms with Crippen molar-refractivity contribution in [2.75, 3.05) is 73.6 Å². The van der Waals surface area contributed by atoms with Crippen molar-refractivity contribution in [2.45, 2.75) is 12.6 Å². The Morgan fingerprint density at radius 2 is 1.49 bits per heavy atom. The van der Waals surface area contributed by atoms with Crippen LogP contribution >= 0.6 is 11.6 Å². The molecular formula is C27H30ClF3N8. The maximum absolute atomic E-state index is 13.6. The lowest BCUT2D eigenvalue weighted by molar-refractivity contribution is -0.137. The van der Waals surface area contributed by atoms with Gasteiger partial charge in [0.15, 0.2) is 0 Å². The van der Waals surface area contributed by atoms with Crippen LogP contribution < -0.4 is 14.7 Å². The minimum Gasteiger partial charge on any atom is -0.353 e. The van der Waals surface area contributed by atoms with Crippen LogP contribution in [0.25, 0.3) is 0 Å². The Bertz CT molecular complexity index is 1290. The number of rotatable bonds is 7. The molecule has 0 aliphatic carbocycles. The van der Waals surface area contributed by atoms with Gasteiger partial charge in [-0.3, -0.25) is 4.90 Å². The third-order valence-electron chi connectivity index (χ3n) is 6.91. The van der Waals surface area contributed by atoms with Gasteiger partial charge in [0.1, 0.15) is 11.6 Å². The number of hydrogen-bond acceptors (Lipinski definition) is 8. The number of alkyl halides is 3. The second-order valence-corrected chi connectivity index (χ2v) is 10.0. The summed E-state index contributed by atoms with van der Waals surface area (Å²) in [6, 6.07) is 9.97. The fraction of sp³-hybridized carbons (Fsp3) is 0.407. The smallest absolute Gasteiger partial charge is 0.353 e. The van der Waals surface area contributed by atoms with Crippen molar-refractivity contribution in [3.8, 4) is 0 Å². The third kappa shape index (κ3) is 6.59. The van der Waals surface area contributed by atoms with Gasteiger partial charge in [-0.25, -0.2) is 4.98 Å². The van der Waals surface area contributed by atoms with Crippen molar-refractivity contribution in [3.05, 3.63) is 77.2 Å². The van der Waals surface area contributed by atoms with E-state index in [1.807, 2.05) is 35.2 Å². The molecule has 39 heavy (non-hydrogen) atoms. The molecule has 2 fully saturated rings. The van der Waals surface area contributed by atoms with E-state index in [9.17, 15) is 13.2 Å². The van der Waals surface area contributed by atoms with Crippen molar-refractivity contribution >= 4 is 29.3 Å². The largest absolute Gasteiger partial charge is 0.419 e. The van der Waals surface area contributed by atoms with Crippen LogP contribution in [0.15, 0.2) is 55.3 Å². The normalized spacial score (nSPS) is 17.0. The van der Waals surface area contributed by atoms with Crippen LogP contribution in [0.3, 0.4) is 0 Å². The van der Waals surface area contributed by atoms with E-state index >= 15 is 0 Å². The molecule has 2 aliphatic heterocycles.